The van der Waals surface area contributed by atoms with Crippen molar-refractivity contribution in [3.8, 4) is 5.75 Å². The summed E-state index contributed by atoms with van der Waals surface area (Å²) in [5.74, 6) is 0.225. The molecule has 1 aliphatic heterocycles. The minimum atomic E-state index is -3.27. The number of ether oxygens (including phenoxy) is 1. The fraction of sp³-hybridized carbons (Fsp3) is 0.235. The first-order valence-electron chi connectivity index (χ1n) is 7.66. The Labute approximate surface area is 151 Å². The van der Waals surface area contributed by atoms with Crippen molar-refractivity contribution in [3.05, 3.63) is 53.1 Å². The van der Waals surface area contributed by atoms with Gasteiger partial charge in [-0.05, 0) is 42.8 Å². The fourth-order valence-corrected chi connectivity index (χ4v) is 4.35. The van der Waals surface area contributed by atoms with Gasteiger partial charge in [-0.3, -0.25) is 9.10 Å². The van der Waals surface area contributed by atoms with Crippen LogP contribution < -0.4 is 14.4 Å². The van der Waals surface area contributed by atoms with E-state index in [1.165, 1.54) is 11.4 Å². The van der Waals surface area contributed by atoms with Crippen LogP contribution in [-0.2, 0) is 10.0 Å². The van der Waals surface area contributed by atoms with E-state index >= 15 is 0 Å². The summed E-state index contributed by atoms with van der Waals surface area (Å²) in [6, 6.07) is 11.4. The van der Waals surface area contributed by atoms with Crippen molar-refractivity contribution in [2.45, 2.75) is 6.42 Å². The molecule has 1 aliphatic rings. The van der Waals surface area contributed by atoms with Crippen LogP contribution in [0.1, 0.15) is 16.8 Å². The summed E-state index contributed by atoms with van der Waals surface area (Å²) in [5.41, 5.74) is 1.44. The van der Waals surface area contributed by atoms with Crippen molar-refractivity contribution >= 4 is 38.9 Å². The number of methoxy groups -OCH3 is 1. The maximum atomic E-state index is 12.3. The van der Waals surface area contributed by atoms with Gasteiger partial charge in [0.2, 0.25) is 10.0 Å². The van der Waals surface area contributed by atoms with E-state index in [1.807, 2.05) is 0 Å². The maximum Gasteiger partial charge on any atom is 0.255 e. The van der Waals surface area contributed by atoms with Gasteiger partial charge in [0, 0.05) is 23.2 Å². The zero-order valence-corrected chi connectivity index (χ0v) is 15.1. The number of hydrogen-bond acceptors (Lipinski definition) is 4. The normalized spacial score (nSPS) is 15.8. The van der Waals surface area contributed by atoms with Crippen LogP contribution in [0.3, 0.4) is 0 Å². The Morgan fingerprint density at radius 2 is 1.92 bits per heavy atom. The SMILES string of the molecule is COc1cc(N2CCCS2(=O)=O)ccc1NC(=O)c1ccc(Cl)cc1. The number of hydrogen-bond donors (Lipinski definition) is 1. The van der Waals surface area contributed by atoms with Crippen molar-refractivity contribution < 1.29 is 17.9 Å². The van der Waals surface area contributed by atoms with Crippen LogP contribution in [0.15, 0.2) is 42.5 Å². The molecule has 1 saturated heterocycles. The lowest BCUT2D eigenvalue weighted by atomic mass is 10.2. The Hall–Kier alpha value is -2.25. The lowest BCUT2D eigenvalue weighted by Crippen LogP contribution is -2.25. The molecule has 1 heterocycles. The van der Waals surface area contributed by atoms with E-state index in [0.29, 0.717) is 40.7 Å². The molecule has 0 unspecified atom stereocenters. The van der Waals surface area contributed by atoms with Crippen LogP contribution in [0.5, 0.6) is 5.75 Å². The number of sulfonamides is 1. The number of nitrogens with zero attached hydrogens (tertiary/aromatic N) is 1. The van der Waals surface area contributed by atoms with E-state index in [1.54, 1.807) is 42.5 Å². The van der Waals surface area contributed by atoms with Crippen molar-refractivity contribution in [2.24, 2.45) is 0 Å². The highest BCUT2D eigenvalue weighted by atomic mass is 35.5. The predicted octanol–water partition coefficient (Wildman–Crippen LogP) is 3.14. The Kier molecular flexibility index (Phi) is 4.87. The number of rotatable bonds is 4. The Morgan fingerprint density at radius 1 is 1.20 bits per heavy atom. The second kappa shape index (κ2) is 6.93. The summed E-state index contributed by atoms with van der Waals surface area (Å²) in [6.07, 6.45) is 0.597. The van der Waals surface area contributed by atoms with Gasteiger partial charge in [0.15, 0.2) is 0 Å². The molecule has 0 aromatic heterocycles. The van der Waals surface area contributed by atoms with Crippen molar-refractivity contribution in [3.63, 3.8) is 0 Å². The molecule has 1 N–H and O–H groups in total. The van der Waals surface area contributed by atoms with Gasteiger partial charge in [-0.25, -0.2) is 8.42 Å². The summed E-state index contributed by atoms with van der Waals surface area (Å²) in [5, 5.41) is 3.31. The van der Waals surface area contributed by atoms with Crippen LogP contribution in [0, 0.1) is 0 Å². The van der Waals surface area contributed by atoms with Gasteiger partial charge in [0.1, 0.15) is 5.75 Å². The van der Waals surface area contributed by atoms with Gasteiger partial charge in [0.05, 0.1) is 24.2 Å². The van der Waals surface area contributed by atoms with E-state index in [4.69, 9.17) is 16.3 Å². The summed E-state index contributed by atoms with van der Waals surface area (Å²) in [4.78, 5) is 12.3. The molecule has 0 radical (unpaired) electrons. The van der Waals surface area contributed by atoms with E-state index in [-0.39, 0.29) is 11.7 Å². The first-order valence-corrected chi connectivity index (χ1v) is 9.65. The van der Waals surface area contributed by atoms with E-state index in [9.17, 15) is 13.2 Å². The monoisotopic (exact) mass is 380 g/mol. The zero-order chi connectivity index (χ0) is 18.0. The lowest BCUT2D eigenvalue weighted by molar-refractivity contribution is 0.102. The Balaban J connectivity index is 1.85. The molecule has 2 aromatic rings. The minimum absolute atomic E-state index is 0.143. The molecule has 8 heteroatoms. The molecular weight excluding hydrogens is 364 g/mol. The number of anilines is 2. The highest BCUT2D eigenvalue weighted by Crippen LogP contribution is 2.33. The molecule has 3 rings (SSSR count). The summed E-state index contributed by atoms with van der Waals surface area (Å²) in [6.45, 7) is 0.446. The number of benzene rings is 2. The average Bonchev–Trinajstić information content (AvgIpc) is 2.95. The highest BCUT2D eigenvalue weighted by molar-refractivity contribution is 7.93. The summed E-state index contributed by atoms with van der Waals surface area (Å²) >= 11 is 5.82. The van der Waals surface area contributed by atoms with Crippen LogP contribution in [0.4, 0.5) is 11.4 Å². The van der Waals surface area contributed by atoms with Crippen molar-refractivity contribution in [1.82, 2.24) is 0 Å². The third-order valence-electron chi connectivity index (χ3n) is 3.93. The fourth-order valence-electron chi connectivity index (χ4n) is 2.66. The second-order valence-corrected chi connectivity index (χ2v) is 8.04. The molecule has 0 aliphatic carbocycles. The van der Waals surface area contributed by atoms with Crippen LogP contribution in [0.2, 0.25) is 5.02 Å². The van der Waals surface area contributed by atoms with Gasteiger partial charge in [-0.1, -0.05) is 11.6 Å². The molecule has 1 amide bonds. The minimum Gasteiger partial charge on any atom is -0.494 e. The number of nitrogens with one attached hydrogen (secondary N) is 1. The van der Waals surface area contributed by atoms with Crippen molar-refractivity contribution in [2.75, 3.05) is 29.0 Å². The van der Waals surface area contributed by atoms with Gasteiger partial charge in [-0.2, -0.15) is 0 Å². The first-order chi connectivity index (χ1) is 11.9. The topological polar surface area (TPSA) is 75.7 Å². The molecular formula is C17H17ClN2O4S. The molecule has 2 aromatic carbocycles. The van der Waals surface area contributed by atoms with Gasteiger partial charge in [-0.15, -0.1) is 0 Å². The first kappa shape index (κ1) is 17.6. The standard InChI is InChI=1S/C17H17ClN2O4S/c1-24-16-11-14(20-9-2-10-25(20,22)23)7-8-15(16)19-17(21)12-3-5-13(18)6-4-12/h3-8,11H,2,9-10H2,1H3,(H,19,21). The van der Waals surface area contributed by atoms with Crippen LogP contribution in [-0.4, -0.2) is 33.7 Å². The molecule has 132 valence electrons. The Morgan fingerprint density at radius 3 is 2.52 bits per heavy atom. The maximum absolute atomic E-state index is 12.3. The number of amides is 1. The van der Waals surface area contributed by atoms with Gasteiger partial charge < -0.3 is 10.1 Å². The molecule has 6 nitrogen and oxygen atoms in total. The van der Waals surface area contributed by atoms with Gasteiger partial charge in [0.25, 0.3) is 5.91 Å². The summed E-state index contributed by atoms with van der Waals surface area (Å²) < 4.78 is 30.8. The largest absolute Gasteiger partial charge is 0.494 e. The average molecular weight is 381 g/mol. The number of carbonyl (C=O) groups excluding carboxylic acids is 1. The Bertz CT molecular complexity index is 897. The van der Waals surface area contributed by atoms with Crippen LogP contribution in [0.25, 0.3) is 0 Å². The predicted molar refractivity (Wildman–Crippen MR) is 98.1 cm³/mol. The second-order valence-electron chi connectivity index (χ2n) is 5.59. The molecule has 1 fully saturated rings. The molecule has 0 spiro atoms. The quantitative estimate of drug-likeness (QED) is 0.884. The third kappa shape index (κ3) is 3.72. The van der Waals surface area contributed by atoms with E-state index in [2.05, 4.69) is 5.32 Å². The van der Waals surface area contributed by atoms with Crippen molar-refractivity contribution in [1.29, 1.82) is 0 Å². The lowest BCUT2D eigenvalue weighted by Gasteiger charge is -2.19. The summed E-state index contributed by atoms with van der Waals surface area (Å²) in [7, 11) is -1.80. The molecule has 25 heavy (non-hydrogen) atoms. The van der Waals surface area contributed by atoms with Gasteiger partial charge >= 0.3 is 0 Å². The number of carbonyl (C=O) groups is 1. The molecule has 0 saturated carbocycles. The third-order valence-corrected chi connectivity index (χ3v) is 6.05. The highest BCUT2D eigenvalue weighted by Gasteiger charge is 2.29. The van der Waals surface area contributed by atoms with Crippen LogP contribution >= 0.6 is 11.6 Å². The molecule has 0 atom stereocenters. The number of halogens is 1. The zero-order valence-electron chi connectivity index (χ0n) is 13.5. The van der Waals surface area contributed by atoms with E-state index < -0.39 is 10.0 Å². The smallest absolute Gasteiger partial charge is 0.255 e. The molecule has 0 bridgehead atoms. The van der Waals surface area contributed by atoms with E-state index in [0.717, 1.165) is 0 Å².